The van der Waals surface area contributed by atoms with Gasteiger partial charge in [0, 0.05) is 60.8 Å². The molecule has 1 aliphatic rings. The third kappa shape index (κ3) is 9.07. The summed E-state index contributed by atoms with van der Waals surface area (Å²) in [5, 5.41) is 17.6. The van der Waals surface area contributed by atoms with Crippen LogP contribution in [0.15, 0.2) is 60.9 Å². The van der Waals surface area contributed by atoms with E-state index in [1.165, 1.54) is 11.3 Å². The normalized spacial score (nSPS) is 12.6. The third-order valence-corrected chi connectivity index (χ3v) is 10.8. The number of carbonyl (C=O) groups excluding carboxylic acids is 3. The summed E-state index contributed by atoms with van der Waals surface area (Å²) in [6.07, 6.45) is 8.61. The number of anilines is 1. The number of likely N-dealkylation sites (N-methyl/N-ethyl adjacent to an activating group) is 1. The average molecular weight is 718 g/mol. The number of carboxylic acids is 1. The van der Waals surface area contributed by atoms with E-state index in [9.17, 15) is 19.2 Å². The van der Waals surface area contributed by atoms with Gasteiger partial charge in [-0.3, -0.25) is 24.1 Å². The second kappa shape index (κ2) is 17.1. The van der Waals surface area contributed by atoms with Crippen LogP contribution in [0.3, 0.4) is 0 Å². The molecule has 10 nitrogen and oxygen atoms in total. The van der Waals surface area contributed by atoms with Gasteiger partial charge in [-0.15, -0.1) is 11.3 Å². The molecule has 4 aromatic rings. The summed E-state index contributed by atoms with van der Waals surface area (Å²) < 4.78 is 1.65. The van der Waals surface area contributed by atoms with Gasteiger partial charge in [-0.2, -0.15) is 5.10 Å². The molecule has 0 saturated carbocycles. The molecule has 264 valence electrons. The molecule has 0 atom stereocenters. The Morgan fingerprint density at radius 3 is 2.46 bits per heavy atom. The van der Waals surface area contributed by atoms with Gasteiger partial charge in [0.1, 0.15) is 5.00 Å². The maximum Gasteiger partial charge on any atom is 0.303 e. The molecule has 0 unspecified atom stereocenters. The van der Waals surface area contributed by atoms with Crippen LogP contribution in [0.2, 0.25) is 5.02 Å². The summed E-state index contributed by atoms with van der Waals surface area (Å²) in [4.78, 5) is 56.3. The summed E-state index contributed by atoms with van der Waals surface area (Å²) in [7, 11) is 1.70. The molecule has 2 heterocycles. The van der Waals surface area contributed by atoms with Crippen LogP contribution in [0.4, 0.5) is 5.00 Å². The fourth-order valence-corrected chi connectivity index (χ4v) is 7.85. The molecular weight excluding hydrogens is 674 g/mol. The molecule has 0 radical (unpaired) electrons. The Morgan fingerprint density at radius 2 is 1.74 bits per heavy atom. The maximum absolute atomic E-state index is 14.1. The molecule has 0 saturated heterocycles. The van der Waals surface area contributed by atoms with E-state index in [1.54, 1.807) is 47.2 Å². The minimum Gasteiger partial charge on any atom is -0.481 e. The lowest BCUT2D eigenvalue weighted by Crippen LogP contribution is -2.41. The lowest BCUT2D eigenvalue weighted by atomic mass is 9.92. The first-order chi connectivity index (χ1) is 24.1. The lowest BCUT2D eigenvalue weighted by molar-refractivity contribution is -0.140. The predicted octanol–water partition coefficient (Wildman–Crippen LogP) is 7.26. The number of carboxylic acid groups (broad SMARTS) is 1. The quantitative estimate of drug-likeness (QED) is 0.117. The van der Waals surface area contributed by atoms with Crippen molar-refractivity contribution < 1.29 is 24.3 Å². The molecule has 0 aliphatic heterocycles. The standard InChI is InChI=1S/C38H44ClN5O5S/c1-4-29(5-2)43(20-19-42(3)33(45)17-18-34(46)47)23-25-9-8-10-26(21-25)37(49)41-38-35(31-11-6-7-12-32(31)50-38)36(48)27-22-40-44(24-27)30-15-13-28(39)14-16-30/h8-10,13-16,21-22,24,29H,4-7,11-12,17-20,23H2,1-3H3,(H,41,49)(H,46,47). The first-order valence-electron chi connectivity index (χ1n) is 17.2. The molecule has 2 aromatic carbocycles. The molecule has 0 fully saturated rings. The fraction of sp³-hybridized carbons (Fsp3) is 0.395. The predicted molar refractivity (Wildman–Crippen MR) is 197 cm³/mol. The molecule has 2 aromatic heterocycles. The van der Waals surface area contributed by atoms with Crippen LogP contribution in [-0.4, -0.2) is 74.4 Å². The number of aliphatic carboxylic acids is 1. The first-order valence-corrected chi connectivity index (χ1v) is 18.4. The van der Waals surface area contributed by atoms with Crippen LogP contribution in [0.25, 0.3) is 5.69 Å². The van der Waals surface area contributed by atoms with Crippen molar-refractivity contribution in [1.29, 1.82) is 0 Å². The van der Waals surface area contributed by atoms with E-state index in [-0.39, 0.29) is 36.5 Å². The van der Waals surface area contributed by atoms with Crippen LogP contribution >= 0.6 is 22.9 Å². The van der Waals surface area contributed by atoms with Gasteiger partial charge >= 0.3 is 5.97 Å². The van der Waals surface area contributed by atoms with Gasteiger partial charge < -0.3 is 15.3 Å². The highest BCUT2D eigenvalue weighted by atomic mass is 35.5. The summed E-state index contributed by atoms with van der Waals surface area (Å²) in [6, 6.07) is 15.0. The topological polar surface area (TPSA) is 125 Å². The van der Waals surface area contributed by atoms with Crippen LogP contribution < -0.4 is 5.32 Å². The van der Waals surface area contributed by atoms with Crippen LogP contribution in [0.5, 0.6) is 0 Å². The van der Waals surface area contributed by atoms with Crippen molar-refractivity contribution in [1.82, 2.24) is 19.6 Å². The highest BCUT2D eigenvalue weighted by Crippen LogP contribution is 2.39. The maximum atomic E-state index is 14.1. The van der Waals surface area contributed by atoms with E-state index >= 15 is 0 Å². The van der Waals surface area contributed by atoms with Crippen molar-refractivity contribution >= 4 is 51.5 Å². The number of amides is 2. The number of nitrogens with zero attached hydrogens (tertiary/aromatic N) is 4. The Morgan fingerprint density at radius 1 is 1.00 bits per heavy atom. The number of benzene rings is 2. The van der Waals surface area contributed by atoms with Crippen LogP contribution in [0.1, 0.15) is 94.7 Å². The highest BCUT2D eigenvalue weighted by Gasteiger charge is 2.28. The minimum atomic E-state index is -0.988. The Balaban J connectivity index is 1.33. The lowest BCUT2D eigenvalue weighted by Gasteiger charge is -2.32. The number of hydrogen-bond donors (Lipinski definition) is 2. The number of nitrogens with one attached hydrogen (secondary N) is 1. The van der Waals surface area contributed by atoms with Crippen molar-refractivity contribution in [2.75, 3.05) is 25.5 Å². The van der Waals surface area contributed by atoms with Gasteiger partial charge in [-0.1, -0.05) is 37.6 Å². The molecule has 0 spiro atoms. The number of fused-ring (bicyclic) bond motifs is 1. The highest BCUT2D eigenvalue weighted by molar-refractivity contribution is 7.17. The number of aromatic nitrogens is 2. The zero-order valence-corrected chi connectivity index (χ0v) is 30.4. The second-order valence-corrected chi connectivity index (χ2v) is 14.2. The number of ketones is 1. The van der Waals surface area contributed by atoms with Gasteiger partial charge in [0.25, 0.3) is 5.91 Å². The van der Waals surface area contributed by atoms with Crippen molar-refractivity contribution in [2.24, 2.45) is 0 Å². The number of hydrogen-bond acceptors (Lipinski definition) is 7. The van der Waals surface area contributed by atoms with Crippen molar-refractivity contribution in [2.45, 2.75) is 77.8 Å². The van der Waals surface area contributed by atoms with Gasteiger partial charge in [0.05, 0.1) is 29.4 Å². The van der Waals surface area contributed by atoms with Gasteiger partial charge in [0.2, 0.25) is 5.91 Å². The number of thiophene rings is 1. The Labute approximate surface area is 302 Å². The monoisotopic (exact) mass is 717 g/mol. The van der Waals surface area contributed by atoms with E-state index in [4.69, 9.17) is 16.7 Å². The second-order valence-electron chi connectivity index (χ2n) is 12.7. The van der Waals surface area contributed by atoms with Crippen LogP contribution in [-0.2, 0) is 29.0 Å². The molecule has 5 rings (SSSR count). The summed E-state index contributed by atoms with van der Waals surface area (Å²) in [5.74, 6) is -1.63. The zero-order chi connectivity index (χ0) is 35.8. The number of halogens is 1. The summed E-state index contributed by atoms with van der Waals surface area (Å²) >= 11 is 7.54. The van der Waals surface area contributed by atoms with Crippen molar-refractivity contribution in [3.63, 3.8) is 0 Å². The van der Waals surface area contributed by atoms with Gasteiger partial charge in [0.15, 0.2) is 5.78 Å². The van der Waals surface area contributed by atoms with Gasteiger partial charge in [-0.25, -0.2) is 4.68 Å². The average Bonchev–Trinajstić information content (AvgIpc) is 3.75. The first kappa shape index (κ1) is 36.9. The van der Waals surface area contributed by atoms with Crippen molar-refractivity contribution in [3.8, 4) is 5.69 Å². The van der Waals surface area contributed by atoms with Crippen LogP contribution in [0, 0.1) is 0 Å². The summed E-state index contributed by atoms with van der Waals surface area (Å²) in [6.45, 7) is 5.93. The largest absolute Gasteiger partial charge is 0.481 e. The van der Waals surface area contributed by atoms with Gasteiger partial charge in [-0.05, 0) is 86.1 Å². The minimum absolute atomic E-state index is 0.0262. The number of carbonyl (C=O) groups is 4. The molecule has 50 heavy (non-hydrogen) atoms. The molecule has 2 N–H and O–H groups in total. The SMILES string of the molecule is CCC(CC)N(CCN(C)C(=O)CCC(=O)O)Cc1cccc(C(=O)Nc2sc3c(c2C(=O)c2cnn(-c4ccc(Cl)cc4)c2)CCCC3)c1. The van der Waals surface area contributed by atoms with E-state index in [0.717, 1.165) is 60.2 Å². The number of aryl methyl sites for hydroxylation is 1. The van der Waals surface area contributed by atoms with E-state index in [1.807, 2.05) is 30.3 Å². The van der Waals surface area contributed by atoms with E-state index in [2.05, 4.69) is 29.2 Å². The molecular formula is C38H44ClN5O5S. The Kier molecular flexibility index (Phi) is 12.6. The number of rotatable bonds is 16. The smallest absolute Gasteiger partial charge is 0.303 e. The fourth-order valence-electron chi connectivity index (χ4n) is 6.44. The zero-order valence-electron chi connectivity index (χ0n) is 28.8. The van der Waals surface area contributed by atoms with E-state index < -0.39 is 5.97 Å². The summed E-state index contributed by atoms with van der Waals surface area (Å²) in [5.41, 5.74) is 4.25. The Bertz CT molecular complexity index is 1830. The molecule has 2 amide bonds. The molecule has 0 bridgehead atoms. The molecule has 1 aliphatic carbocycles. The molecule has 12 heteroatoms. The van der Waals surface area contributed by atoms with E-state index in [0.29, 0.717) is 46.3 Å². The Hall–Kier alpha value is -4.32. The third-order valence-electron chi connectivity index (χ3n) is 9.30. The van der Waals surface area contributed by atoms with Crippen molar-refractivity contribution in [3.05, 3.63) is 98.6 Å².